The first-order valence-electron chi connectivity index (χ1n) is 6.44. The Morgan fingerprint density at radius 1 is 0.826 bits per heavy atom. The normalized spacial score (nSPS) is 16.6. The van der Waals surface area contributed by atoms with Crippen LogP contribution in [-0.2, 0) is 20.0 Å². The summed E-state index contributed by atoms with van der Waals surface area (Å²) in [5, 5.41) is 8.52. The summed E-state index contributed by atoms with van der Waals surface area (Å²) in [6, 6.07) is 11.1. The molecular weight excluding hydrogens is 338 g/mol. The number of aryl methyl sites for hydroxylation is 2. The van der Waals surface area contributed by atoms with E-state index in [1.54, 1.807) is 0 Å². The van der Waals surface area contributed by atoms with Gasteiger partial charge in [-0.1, -0.05) is 30.3 Å². The SMILES string of the molecule is Cc1cccc(C)c1[N+]#N.O=S1(=O)[N-]S(=O)(=O)c2ccccc21. The van der Waals surface area contributed by atoms with Crippen LogP contribution in [-0.4, -0.2) is 16.8 Å². The first kappa shape index (κ1) is 17.1. The van der Waals surface area contributed by atoms with Gasteiger partial charge in [-0.3, -0.25) is 0 Å². The number of fused-ring (bicyclic) bond motifs is 1. The van der Waals surface area contributed by atoms with Gasteiger partial charge >= 0.3 is 5.69 Å². The summed E-state index contributed by atoms with van der Waals surface area (Å²) >= 11 is 0. The summed E-state index contributed by atoms with van der Waals surface area (Å²) in [5.41, 5.74) is 2.69. The highest BCUT2D eigenvalue weighted by atomic mass is 32.3. The standard InChI is InChI=1S/C8H9N2.C6H4NO4S2/c1-6-4-3-5-7(2)8(6)10-9;8-12(9)5-3-1-2-4-6(5)13(10,11)7-12/h3-5H,1-2H3;1-4H/q+1;-1. The van der Waals surface area contributed by atoms with Crippen molar-refractivity contribution in [3.05, 3.63) is 62.7 Å². The maximum atomic E-state index is 11.1. The second-order valence-corrected chi connectivity index (χ2v) is 8.19. The first-order valence-corrected chi connectivity index (χ1v) is 9.32. The molecule has 0 unspecified atom stereocenters. The molecule has 7 nitrogen and oxygen atoms in total. The number of rotatable bonds is 0. The maximum Gasteiger partial charge on any atom is 0.390 e. The number of nitrogens with zero attached hydrogens (tertiary/aromatic N) is 3. The molecule has 2 aromatic carbocycles. The number of benzene rings is 2. The summed E-state index contributed by atoms with van der Waals surface area (Å²) < 4.78 is 47.3. The predicted octanol–water partition coefficient (Wildman–Crippen LogP) is 3.24. The lowest BCUT2D eigenvalue weighted by molar-refractivity contribution is 0.603. The van der Waals surface area contributed by atoms with Gasteiger partial charge in [0, 0.05) is 11.1 Å². The van der Waals surface area contributed by atoms with Crippen LogP contribution in [0.5, 0.6) is 0 Å². The lowest BCUT2D eigenvalue weighted by atomic mass is 10.1. The van der Waals surface area contributed by atoms with E-state index in [-0.39, 0.29) is 9.79 Å². The van der Waals surface area contributed by atoms with Crippen molar-refractivity contribution in [2.75, 3.05) is 0 Å². The summed E-state index contributed by atoms with van der Waals surface area (Å²) in [5.74, 6) is 0. The molecule has 9 heteroatoms. The summed E-state index contributed by atoms with van der Waals surface area (Å²) in [4.78, 5) is 2.69. The molecule has 0 aromatic heterocycles. The summed E-state index contributed by atoms with van der Waals surface area (Å²) in [6.45, 7) is 3.84. The molecule has 0 saturated carbocycles. The number of diazo groups is 1. The van der Waals surface area contributed by atoms with Gasteiger partial charge in [0.2, 0.25) is 5.39 Å². The Labute approximate surface area is 134 Å². The average molecular weight is 351 g/mol. The topological polar surface area (TPSA) is 111 Å². The van der Waals surface area contributed by atoms with E-state index in [2.05, 4.69) is 9.10 Å². The van der Waals surface area contributed by atoms with Gasteiger partial charge in [-0.2, -0.15) is 0 Å². The highest BCUT2D eigenvalue weighted by Gasteiger charge is 2.26. The third kappa shape index (κ3) is 3.39. The largest absolute Gasteiger partial charge is 0.428 e. The van der Waals surface area contributed by atoms with Gasteiger partial charge in [-0.05, 0) is 26.0 Å². The van der Waals surface area contributed by atoms with Crippen LogP contribution in [0.15, 0.2) is 52.3 Å². The molecule has 1 heterocycles. The molecule has 120 valence electrons. The third-order valence-electron chi connectivity index (χ3n) is 3.14. The number of hydrogen-bond acceptors (Lipinski definition) is 5. The highest BCUT2D eigenvalue weighted by Crippen LogP contribution is 2.37. The zero-order chi connectivity index (χ0) is 17.3. The molecule has 0 aliphatic carbocycles. The smallest absolute Gasteiger partial charge is 0.390 e. The molecule has 0 N–H and O–H groups in total. The fourth-order valence-corrected chi connectivity index (χ4v) is 5.50. The Kier molecular flexibility index (Phi) is 4.51. The van der Waals surface area contributed by atoms with Gasteiger partial charge in [0.05, 0.1) is 9.79 Å². The molecule has 0 spiro atoms. The van der Waals surface area contributed by atoms with Crippen LogP contribution in [0.3, 0.4) is 0 Å². The second-order valence-electron chi connectivity index (χ2n) is 4.81. The maximum absolute atomic E-state index is 11.1. The second kappa shape index (κ2) is 6.08. The summed E-state index contributed by atoms with van der Waals surface area (Å²) in [6.07, 6.45) is 0. The van der Waals surface area contributed by atoms with E-state index < -0.39 is 20.0 Å². The van der Waals surface area contributed by atoms with E-state index in [0.717, 1.165) is 11.1 Å². The first-order chi connectivity index (χ1) is 10.7. The van der Waals surface area contributed by atoms with E-state index in [9.17, 15) is 16.8 Å². The quantitative estimate of drug-likeness (QED) is 0.677. The third-order valence-corrected chi connectivity index (χ3v) is 6.66. The van der Waals surface area contributed by atoms with Crippen molar-refractivity contribution in [1.29, 1.82) is 5.39 Å². The van der Waals surface area contributed by atoms with E-state index in [1.807, 2.05) is 32.0 Å². The number of hydrogen-bond donors (Lipinski definition) is 0. The van der Waals surface area contributed by atoms with Crippen LogP contribution in [0.25, 0.3) is 9.10 Å². The number of sulfonamides is 2. The molecule has 0 fully saturated rings. The van der Waals surface area contributed by atoms with Gasteiger partial charge in [-0.25, -0.2) is 16.8 Å². The minimum Gasteiger partial charge on any atom is -0.428 e. The molecule has 1 aliphatic heterocycles. The zero-order valence-corrected chi connectivity index (χ0v) is 14.0. The molecule has 23 heavy (non-hydrogen) atoms. The molecule has 2 aromatic rings. The Bertz CT molecular complexity index is 935. The van der Waals surface area contributed by atoms with Crippen LogP contribution < -0.4 is 0 Å². The minimum atomic E-state index is -3.98. The van der Waals surface area contributed by atoms with Crippen LogP contribution in [0.4, 0.5) is 5.69 Å². The molecule has 0 radical (unpaired) electrons. The van der Waals surface area contributed by atoms with Crippen LogP contribution >= 0.6 is 0 Å². The highest BCUT2D eigenvalue weighted by molar-refractivity contribution is 8.14. The van der Waals surface area contributed by atoms with Crippen molar-refractivity contribution in [2.24, 2.45) is 0 Å². The van der Waals surface area contributed by atoms with Crippen molar-refractivity contribution in [2.45, 2.75) is 23.6 Å². The Balaban J connectivity index is 0.000000174. The van der Waals surface area contributed by atoms with Crippen LogP contribution in [0, 0.1) is 19.2 Å². The van der Waals surface area contributed by atoms with Crippen molar-refractivity contribution >= 4 is 25.7 Å². The van der Waals surface area contributed by atoms with Gasteiger partial charge in [-0.15, -0.1) is 0 Å². The van der Waals surface area contributed by atoms with Gasteiger partial charge in [0.25, 0.3) is 0 Å². The van der Waals surface area contributed by atoms with E-state index in [1.165, 1.54) is 24.3 Å². The monoisotopic (exact) mass is 351 g/mol. The van der Waals surface area contributed by atoms with Crippen LogP contribution in [0.1, 0.15) is 11.1 Å². The fraction of sp³-hybridized carbons (Fsp3) is 0.143. The van der Waals surface area contributed by atoms with E-state index in [4.69, 9.17) is 5.39 Å². The lowest BCUT2D eigenvalue weighted by Gasteiger charge is -2.05. The Hall–Kier alpha value is -2.28. The molecule has 0 atom stereocenters. The zero-order valence-electron chi connectivity index (χ0n) is 12.3. The molecule has 3 rings (SSSR count). The Morgan fingerprint density at radius 3 is 1.61 bits per heavy atom. The van der Waals surface area contributed by atoms with Crippen molar-refractivity contribution in [1.82, 2.24) is 0 Å². The van der Waals surface area contributed by atoms with Gasteiger partial charge in [0.15, 0.2) is 4.98 Å². The minimum absolute atomic E-state index is 0.241. The van der Waals surface area contributed by atoms with Crippen molar-refractivity contribution in [3.8, 4) is 0 Å². The van der Waals surface area contributed by atoms with Crippen molar-refractivity contribution < 1.29 is 16.8 Å². The van der Waals surface area contributed by atoms with Gasteiger partial charge in [0.1, 0.15) is 20.0 Å². The van der Waals surface area contributed by atoms with Gasteiger partial charge < -0.3 is 4.13 Å². The average Bonchev–Trinajstić information content (AvgIpc) is 2.66. The fourth-order valence-electron chi connectivity index (χ4n) is 2.05. The van der Waals surface area contributed by atoms with Crippen LogP contribution in [0.2, 0.25) is 0 Å². The lowest BCUT2D eigenvalue weighted by Crippen LogP contribution is -1.92. The molecule has 0 saturated heterocycles. The molecule has 0 bridgehead atoms. The van der Waals surface area contributed by atoms with E-state index in [0.29, 0.717) is 5.69 Å². The molecule has 1 aliphatic rings. The molecular formula is C14H13N3O4S2. The predicted molar refractivity (Wildman–Crippen MR) is 84.8 cm³/mol. The molecule has 0 amide bonds. The van der Waals surface area contributed by atoms with E-state index >= 15 is 0 Å². The van der Waals surface area contributed by atoms with Crippen molar-refractivity contribution in [3.63, 3.8) is 0 Å². The Morgan fingerprint density at radius 2 is 1.26 bits per heavy atom. The summed E-state index contributed by atoms with van der Waals surface area (Å²) in [7, 11) is -7.95.